The molecule has 0 fully saturated rings. The summed E-state index contributed by atoms with van der Waals surface area (Å²) in [6, 6.07) is 13.9. The van der Waals surface area contributed by atoms with Gasteiger partial charge in [0.25, 0.3) is 0 Å². The predicted molar refractivity (Wildman–Crippen MR) is 92.2 cm³/mol. The van der Waals surface area contributed by atoms with Crippen molar-refractivity contribution >= 4 is 0 Å². The van der Waals surface area contributed by atoms with E-state index in [1.54, 1.807) is 20.3 Å². The van der Waals surface area contributed by atoms with Crippen molar-refractivity contribution in [3.63, 3.8) is 0 Å². The summed E-state index contributed by atoms with van der Waals surface area (Å²) in [6.45, 7) is 5.58. The summed E-state index contributed by atoms with van der Waals surface area (Å²) in [7, 11) is 3.33. The molecule has 0 heterocycles. The second-order valence-corrected chi connectivity index (χ2v) is 5.00. The first kappa shape index (κ1) is 16.9. The van der Waals surface area contributed by atoms with Gasteiger partial charge >= 0.3 is 0 Å². The molecule has 0 bridgehead atoms. The van der Waals surface area contributed by atoms with Crippen LogP contribution in [0.15, 0.2) is 55.1 Å². The maximum Gasteiger partial charge on any atom is 0.161 e. The monoisotopic (exact) mass is 313 g/mol. The molecule has 0 aliphatic carbocycles. The molecule has 0 saturated carbocycles. The van der Waals surface area contributed by atoms with Crippen molar-refractivity contribution in [2.75, 3.05) is 20.8 Å². The Hall–Kier alpha value is -2.46. The maximum absolute atomic E-state index is 5.56. The standard InChI is InChI=1S/C19H23NO3/c1-4-11-23-18-10-9-15(12-19(18)22-3)13-20-14-16-7-5-6-8-17(16)21-2/h4-10,12,20H,1,11,13-14H2,2-3H3. The zero-order chi connectivity index (χ0) is 16.5. The summed E-state index contributed by atoms with van der Waals surface area (Å²) in [5.74, 6) is 2.34. The molecule has 2 aromatic carbocycles. The molecule has 0 atom stereocenters. The van der Waals surface area contributed by atoms with Crippen LogP contribution in [0.5, 0.6) is 17.2 Å². The van der Waals surface area contributed by atoms with E-state index < -0.39 is 0 Å². The minimum atomic E-state index is 0.460. The van der Waals surface area contributed by atoms with E-state index >= 15 is 0 Å². The Morgan fingerprint density at radius 2 is 1.74 bits per heavy atom. The van der Waals surface area contributed by atoms with Crippen molar-refractivity contribution in [2.45, 2.75) is 13.1 Å². The molecule has 23 heavy (non-hydrogen) atoms. The van der Waals surface area contributed by atoms with Gasteiger partial charge in [0.1, 0.15) is 12.4 Å². The van der Waals surface area contributed by atoms with Gasteiger partial charge in [0.15, 0.2) is 11.5 Å². The first-order chi connectivity index (χ1) is 11.3. The number of hydrogen-bond acceptors (Lipinski definition) is 4. The van der Waals surface area contributed by atoms with Crippen molar-refractivity contribution in [3.8, 4) is 17.2 Å². The number of nitrogens with one attached hydrogen (secondary N) is 1. The summed E-state index contributed by atoms with van der Waals surface area (Å²) in [4.78, 5) is 0. The molecule has 4 heteroatoms. The van der Waals surface area contributed by atoms with Gasteiger partial charge in [0.05, 0.1) is 14.2 Å². The highest BCUT2D eigenvalue weighted by Gasteiger charge is 2.06. The van der Waals surface area contributed by atoms with Gasteiger partial charge < -0.3 is 19.5 Å². The lowest BCUT2D eigenvalue weighted by atomic mass is 10.1. The molecule has 122 valence electrons. The van der Waals surface area contributed by atoms with Crippen molar-refractivity contribution in [1.82, 2.24) is 5.32 Å². The van der Waals surface area contributed by atoms with Crippen LogP contribution >= 0.6 is 0 Å². The fourth-order valence-electron chi connectivity index (χ4n) is 2.28. The summed E-state index contributed by atoms with van der Waals surface area (Å²) >= 11 is 0. The lowest BCUT2D eigenvalue weighted by molar-refractivity contribution is 0.326. The molecule has 0 amide bonds. The van der Waals surface area contributed by atoms with Gasteiger partial charge in [-0.1, -0.05) is 36.9 Å². The first-order valence-electron chi connectivity index (χ1n) is 7.51. The number of ether oxygens (including phenoxy) is 3. The Morgan fingerprint density at radius 1 is 0.957 bits per heavy atom. The fourth-order valence-corrected chi connectivity index (χ4v) is 2.28. The lowest BCUT2D eigenvalue weighted by Gasteiger charge is -2.12. The highest BCUT2D eigenvalue weighted by molar-refractivity contribution is 5.43. The van der Waals surface area contributed by atoms with Crippen LogP contribution < -0.4 is 19.5 Å². The fraction of sp³-hybridized carbons (Fsp3) is 0.263. The number of hydrogen-bond donors (Lipinski definition) is 1. The minimum absolute atomic E-state index is 0.460. The Kier molecular flexibility index (Phi) is 6.51. The SMILES string of the molecule is C=CCOc1ccc(CNCc2ccccc2OC)cc1OC. The lowest BCUT2D eigenvalue weighted by Crippen LogP contribution is -2.13. The van der Waals surface area contributed by atoms with Crippen LogP contribution in [0.1, 0.15) is 11.1 Å². The van der Waals surface area contributed by atoms with E-state index in [1.165, 1.54) is 0 Å². The molecule has 1 N–H and O–H groups in total. The number of para-hydroxylation sites is 1. The molecule has 2 rings (SSSR count). The van der Waals surface area contributed by atoms with Gasteiger partial charge in [-0.25, -0.2) is 0 Å². The van der Waals surface area contributed by atoms with E-state index in [-0.39, 0.29) is 0 Å². The molecule has 0 radical (unpaired) electrons. The van der Waals surface area contributed by atoms with Crippen molar-refractivity contribution < 1.29 is 14.2 Å². The number of benzene rings is 2. The van der Waals surface area contributed by atoms with E-state index in [1.807, 2.05) is 36.4 Å². The third-order valence-corrected chi connectivity index (χ3v) is 3.42. The van der Waals surface area contributed by atoms with Crippen molar-refractivity contribution in [1.29, 1.82) is 0 Å². The average Bonchev–Trinajstić information content (AvgIpc) is 2.60. The number of rotatable bonds is 9. The van der Waals surface area contributed by atoms with Gasteiger partial charge in [-0.15, -0.1) is 0 Å². The quantitative estimate of drug-likeness (QED) is 0.719. The van der Waals surface area contributed by atoms with Crippen LogP contribution in [-0.4, -0.2) is 20.8 Å². The normalized spacial score (nSPS) is 10.2. The van der Waals surface area contributed by atoms with Crippen LogP contribution in [0.2, 0.25) is 0 Å². The summed E-state index contributed by atoms with van der Waals surface area (Å²) in [5, 5.41) is 3.41. The second kappa shape index (κ2) is 8.86. The zero-order valence-electron chi connectivity index (χ0n) is 13.7. The highest BCUT2D eigenvalue weighted by Crippen LogP contribution is 2.28. The molecule has 4 nitrogen and oxygen atoms in total. The molecule has 0 spiro atoms. The molecular weight excluding hydrogens is 290 g/mol. The Balaban J connectivity index is 1.96. The third-order valence-electron chi connectivity index (χ3n) is 3.42. The predicted octanol–water partition coefficient (Wildman–Crippen LogP) is 3.56. The van der Waals surface area contributed by atoms with Crippen LogP contribution in [0.25, 0.3) is 0 Å². The molecule has 0 saturated heterocycles. The minimum Gasteiger partial charge on any atom is -0.496 e. The van der Waals surface area contributed by atoms with Crippen LogP contribution in [0.3, 0.4) is 0 Å². The maximum atomic E-state index is 5.56. The Labute approximate surface area is 137 Å². The van der Waals surface area contributed by atoms with Crippen molar-refractivity contribution in [3.05, 3.63) is 66.2 Å². The summed E-state index contributed by atoms with van der Waals surface area (Å²) in [6.07, 6.45) is 1.71. The summed E-state index contributed by atoms with van der Waals surface area (Å²) < 4.78 is 16.3. The highest BCUT2D eigenvalue weighted by atomic mass is 16.5. The van der Waals surface area contributed by atoms with Gasteiger partial charge in [-0.3, -0.25) is 0 Å². The van der Waals surface area contributed by atoms with Crippen molar-refractivity contribution in [2.24, 2.45) is 0 Å². The summed E-state index contributed by atoms with van der Waals surface area (Å²) in [5.41, 5.74) is 2.26. The Morgan fingerprint density at radius 3 is 2.48 bits per heavy atom. The molecule has 2 aromatic rings. The largest absolute Gasteiger partial charge is 0.496 e. The van der Waals surface area contributed by atoms with E-state index in [2.05, 4.69) is 18.0 Å². The molecular formula is C19H23NO3. The van der Waals surface area contributed by atoms with Crippen LogP contribution in [-0.2, 0) is 13.1 Å². The van der Waals surface area contributed by atoms with E-state index in [9.17, 15) is 0 Å². The molecule has 0 aliphatic heterocycles. The average molecular weight is 313 g/mol. The Bertz CT molecular complexity index is 640. The van der Waals surface area contributed by atoms with Gasteiger partial charge in [0.2, 0.25) is 0 Å². The third kappa shape index (κ3) is 4.76. The van der Waals surface area contributed by atoms with Crippen LogP contribution in [0, 0.1) is 0 Å². The molecule has 0 aromatic heterocycles. The first-order valence-corrected chi connectivity index (χ1v) is 7.51. The van der Waals surface area contributed by atoms with Gasteiger partial charge in [0, 0.05) is 18.7 Å². The topological polar surface area (TPSA) is 39.7 Å². The zero-order valence-corrected chi connectivity index (χ0v) is 13.7. The second-order valence-electron chi connectivity index (χ2n) is 5.00. The number of methoxy groups -OCH3 is 2. The van der Waals surface area contributed by atoms with Gasteiger partial charge in [-0.05, 0) is 23.8 Å². The van der Waals surface area contributed by atoms with Gasteiger partial charge in [-0.2, -0.15) is 0 Å². The smallest absolute Gasteiger partial charge is 0.161 e. The van der Waals surface area contributed by atoms with Crippen LogP contribution in [0.4, 0.5) is 0 Å². The van der Waals surface area contributed by atoms with E-state index in [4.69, 9.17) is 14.2 Å². The van der Waals surface area contributed by atoms with E-state index in [0.717, 1.165) is 41.5 Å². The van der Waals surface area contributed by atoms with E-state index in [0.29, 0.717) is 6.61 Å². The molecule has 0 aliphatic rings. The molecule has 0 unspecified atom stereocenters.